The lowest BCUT2D eigenvalue weighted by Gasteiger charge is -2.14. The minimum absolute atomic E-state index is 0.119. The second kappa shape index (κ2) is 8.34. The van der Waals surface area contributed by atoms with Gasteiger partial charge in [-0.05, 0) is 19.9 Å². The van der Waals surface area contributed by atoms with Crippen LogP contribution in [0.5, 0.6) is 5.75 Å². The van der Waals surface area contributed by atoms with Crippen LogP contribution in [0.15, 0.2) is 6.20 Å². The Morgan fingerprint density at radius 2 is 2.17 bits per heavy atom. The van der Waals surface area contributed by atoms with Gasteiger partial charge in [-0.2, -0.15) is 0 Å². The van der Waals surface area contributed by atoms with Gasteiger partial charge in [0.1, 0.15) is 11.8 Å². The summed E-state index contributed by atoms with van der Waals surface area (Å²) in [6.07, 6.45) is 1.54. The van der Waals surface area contributed by atoms with E-state index in [-0.39, 0.29) is 25.3 Å². The molecular weight excluding hydrogens is 329 g/mol. The van der Waals surface area contributed by atoms with Gasteiger partial charge in [-0.25, -0.2) is 4.57 Å². The first-order chi connectivity index (χ1) is 10.6. The molecule has 0 aliphatic rings. The van der Waals surface area contributed by atoms with Gasteiger partial charge in [0.15, 0.2) is 0 Å². The number of aromatic nitrogens is 1. The Morgan fingerprint density at radius 1 is 1.52 bits per heavy atom. The second-order valence-corrected chi connectivity index (χ2v) is 6.11. The number of phosphoric acid groups is 1. The third kappa shape index (κ3) is 6.61. The Kier molecular flexibility index (Phi) is 7.07. The maximum Gasteiger partial charge on any atom is 0.469 e. The fourth-order valence-corrected chi connectivity index (χ4v) is 2.06. The van der Waals surface area contributed by atoms with Crippen LogP contribution in [-0.4, -0.2) is 43.5 Å². The van der Waals surface area contributed by atoms with E-state index in [9.17, 15) is 14.5 Å². The van der Waals surface area contributed by atoms with Crippen molar-refractivity contribution in [2.75, 3.05) is 6.54 Å². The molecule has 0 saturated carbocycles. The molecule has 1 rings (SSSR count). The van der Waals surface area contributed by atoms with Crippen molar-refractivity contribution in [3.8, 4) is 5.75 Å². The number of carbonyl (C=O) groups is 1. The van der Waals surface area contributed by atoms with Crippen LogP contribution in [-0.2, 0) is 27.0 Å². The summed E-state index contributed by atoms with van der Waals surface area (Å²) in [7, 11) is -4.65. The summed E-state index contributed by atoms with van der Waals surface area (Å²) in [5, 5.41) is 21.6. The zero-order valence-corrected chi connectivity index (χ0v) is 13.4. The Bertz CT molecular complexity index is 605. The molecule has 0 spiro atoms. The third-order valence-electron chi connectivity index (χ3n) is 3.07. The molecule has 0 bridgehead atoms. The minimum atomic E-state index is -4.65. The van der Waals surface area contributed by atoms with Crippen molar-refractivity contribution in [1.29, 1.82) is 0 Å². The molecule has 130 valence electrons. The van der Waals surface area contributed by atoms with Crippen molar-refractivity contribution in [1.82, 2.24) is 10.3 Å². The maximum atomic E-state index is 10.8. The number of phosphoric ester groups is 1. The number of nitrogens with two attached hydrogens (primary N) is 1. The molecule has 23 heavy (non-hydrogen) atoms. The highest BCUT2D eigenvalue weighted by Gasteiger charge is 2.18. The number of nitrogens with one attached hydrogen (secondary N) is 1. The van der Waals surface area contributed by atoms with Gasteiger partial charge in [0.05, 0.1) is 12.3 Å². The zero-order valence-electron chi connectivity index (χ0n) is 12.5. The Balaban J connectivity index is 2.73. The van der Waals surface area contributed by atoms with Crippen molar-refractivity contribution < 1.29 is 33.9 Å². The van der Waals surface area contributed by atoms with E-state index in [4.69, 9.17) is 20.6 Å². The number of aryl methyl sites for hydroxylation is 1. The molecule has 1 atom stereocenters. The molecule has 10 nitrogen and oxygen atoms in total. The number of carboxylic acids is 1. The highest BCUT2D eigenvalue weighted by molar-refractivity contribution is 7.46. The summed E-state index contributed by atoms with van der Waals surface area (Å²) in [5.74, 6) is -1.23. The first-order valence-electron chi connectivity index (χ1n) is 6.67. The normalized spacial score (nSPS) is 13.0. The van der Waals surface area contributed by atoms with E-state index in [0.717, 1.165) is 0 Å². The predicted octanol–water partition coefficient (Wildman–Crippen LogP) is -0.403. The monoisotopic (exact) mass is 349 g/mol. The molecule has 7 N–H and O–H groups in total. The highest BCUT2D eigenvalue weighted by Crippen LogP contribution is 2.38. The molecule has 1 aromatic heterocycles. The van der Waals surface area contributed by atoms with Crippen LogP contribution >= 0.6 is 7.82 Å². The molecule has 0 aromatic carbocycles. The number of pyridine rings is 1. The van der Waals surface area contributed by atoms with Crippen LogP contribution < -0.4 is 11.1 Å². The van der Waals surface area contributed by atoms with Crippen molar-refractivity contribution in [2.45, 2.75) is 32.5 Å². The lowest BCUT2D eigenvalue weighted by Crippen LogP contribution is -2.33. The minimum Gasteiger partial charge on any atom is -0.506 e. The van der Waals surface area contributed by atoms with Crippen LogP contribution in [0.1, 0.15) is 23.2 Å². The van der Waals surface area contributed by atoms with E-state index in [1.165, 1.54) is 6.20 Å². The van der Waals surface area contributed by atoms with E-state index >= 15 is 0 Å². The molecular formula is C12H20N3O7P. The van der Waals surface area contributed by atoms with Gasteiger partial charge in [0.25, 0.3) is 0 Å². The Labute approximate surface area is 132 Å². The molecule has 0 unspecified atom stereocenters. The Hall–Kier alpha value is -1.55. The number of rotatable bonds is 9. The first-order valence-corrected chi connectivity index (χ1v) is 8.20. The average Bonchev–Trinajstić information content (AvgIpc) is 2.45. The van der Waals surface area contributed by atoms with Crippen molar-refractivity contribution in [3.63, 3.8) is 0 Å². The standard InChI is InChI=1S/C12H20N3O7P/c1-7-11(16)9(5-14-3-2-10(13)12(17)18)8(4-15-7)6-22-23(19,20)21/h4,10,14,16H,2-3,5-6,13H2,1H3,(H,17,18)(H2,19,20,21)/t10-/m0/s1. The van der Waals surface area contributed by atoms with Crippen LogP contribution in [0.25, 0.3) is 0 Å². The molecule has 1 heterocycles. The largest absolute Gasteiger partial charge is 0.506 e. The summed E-state index contributed by atoms with van der Waals surface area (Å²) in [6.45, 7) is 1.58. The molecule has 11 heteroatoms. The van der Waals surface area contributed by atoms with Gasteiger partial charge in [0.2, 0.25) is 0 Å². The quantitative estimate of drug-likeness (QED) is 0.254. The third-order valence-corrected chi connectivity index (χ3v) is 3.53. The van der Waals surface area contributed by atoms with Crippen LogP contribution in [0, 0.1) is 6.92 Å². The first kappa shape index (κ1) is 19.5. The van der Waals surface area contributed by atoms with Gasteiger partial charge < -0.3 is 31.1 Å². The summed E-state index contributed by atoms with van der Waals surface area (Å²) in [6, 6.07) is -0.993. The van der Waals surface area contributed by atoms with E-state index in [1.54, 1.807) is 6.92 Å². The van der Waals surface area contributed by atoms with Crippen molar-refractivity contribution in [2.24, 2.45) is 5.73 Å². The topological polar surface area (TPSA) is 175 Å². The lowest BCUT2D eigenvalue weighted by molar-refractivity contribution is -0.138. The molecule has 0 saturated heterocycles. The van der Waals surface area contributed by atoms with E-state index in [0.29, 0.717) is 16.8 Å². The van der Waals surface area contributed by atoms with Crippen LogP contribution in [0.2, 0.25) is 0 Å². The van der Waals surface area contributed by atoms with E-state index in [1.807, 2.05) is 0 Å². The summed E-state index contributed by atoms with van der Waals surface area (Å²) >= 11 is 0. The number of nitrogens with zero attached hydrogens (tertiary/aromatic N) is 1. The SMILES string of the molecule is Cc1ncc(COP(=O)(O)O)c(CNCC[C@H](N)C(=O)O)c1O. The Morgan fingerprint density at radius 3 is 2.74 bits per heavy atom. The smallest absolute Gasteiger partial charge is 0.469 e. The molecule has 1 aromatic rings. The van der Waals surface area contributed by atoms with Gasteiger partial charge in [0, 0.05) is 23.9 Å². The number of hydrogen-bond acceptors (Lipinski definition) is 7. The van der Waals surface area contributed by atoms with E-state index in [2.05, 4.69) is 14.8 Å². The molecule has 0 amide bonds. The lowest BCUT2D eigenvalue weighted by atomic mass is 10.1. The highest BCUT2D eigenvalue weighted by atomic mass is 31.2. The van der Waals surface area contributed by atoms with E-state index < -0.39 is 26.4 Å². The van der Waals surface area contributed by atoms with Crippen LogP contribution in [0.3, 0.4) is 0 Å². The average molecular weight is 349 g/mol. The second-order valence-electron chi connectivity index (χ2n) is 4.87. The van der Waals surface area contributed by atoms with Crippen molar-refractivity contribution in [3.05, 3.63) is 23.0 Å². The molecule has 0 aliphatic heterocycles. The fourth-order valence-electron chi connectivity index (χ4n) is 1.75. The van der Waals surface area contributed by atoms with Crippen LogP contribution in [0.4, 0.5) is 0 Å². The maximum absolute atomic E-state index is 10.8. The van der Waals surface area contributed by atoms with Crippen molar-refractivity contribution >= 4 is 13.8 Å². The number of aliphatic carboxylic acids is 1. The summed E-state index contributed by atoms with van der Waals surface area (Å²) < 4.78 is 15.2. The fraction of sp³-hybridized carbons (Fsp3) is 0.500. The van der Waals surface area contributed by atoms with Gasteiger partial charge in [-0.3, -0.25) is 14.3 Å². The predicted molar refractivity (Wildman–Crippen MR) is 79.4 cm³/mol. The molecule has 0 fully saturated rings. The summed E-state index contributed by atoms with van der Waals surface area (Å²) in [5.41, 5.74) is 6.40. The summed E-state index contributed by atoms with van der Waals surface area (Å²) in [4.78, 5) is 32.0. The van der Waals surface area contributed by atoms with Gasteiger partial charge in [-0.1, -0.05) is 0 Å². The number of aromatic hydroxyl groups is 1. The number of hydrogen-bond donors (Lipinski definition) is 6. The van der Waals surface area contributed by atoms with Gasteiger partial charge >= 0.3 is 13.8 Å². The molecule has 0 radical (unpaired) electrons. The zero-order chi connectivity index (χ0) is 17.6. The molecule has 0 aliphatic carbocycles. The van der Waals surface area contributed by atoms with Gasteiger partial charge in [-0.15, -0.1) is 0 Å². The number of carboxylic acid groups (broad SMARTS) is 1.